The lowest BCUT2D eigenvalue weighted by atomic mass is 9.86. The fourth-order valence-electron chi connectivity index (χ4n) is 3.79. The van der Waals surface area contributed by atoms with Crippen molar-refractivity contribution in [3.63, 3.8) is 0 Å². The van der Waals surface area contributed by atoms with E-state index in [9.17, 15) is 19.2 Å². The minimum Gasteiger partial charge on any atom is -0.356 e. The molecular formula is C17H25N5O4. The SMILES string of the molecule is Cc1cn(CC(=O)N2CCN(C)C3(CCNC(=O)CC3)C2)c(=O)[nH]c1=O. The second-order valence-electron chi connectivity index (χ2n) is 7.26. The molecule has 142 valence electrons. The number of nitrogens with zero attached hydrogens (tertiary/aromatic N) is 3. The topological polar surface area (TPSA) is 108 Å². The van der Waals surface area contributed by atoms with Gasteiger partial charge in [-0.05, 0) is 26.8 Å². The molecule has 2 saturated heterocycles. The van der Waals surface area contributed by atoms with Crippen LogP contribution in [0.15, 0.2) is 15.8 Å². The Morgan fingerprint density at radius 2 is 2.00 bits per heavy atom. The lowest BCUT2D eigenvalue weighted by Crippen LogP contribution is -2.62. The van der Waals surface area contributed by atoms with E-state index in [1.807, 2.05) is 7.05 Å². The third-order valence-electron chi connectivity index (χ3n) is 5.58. The molecule has 2 N–H and O–H groups in total. The van der Waals surface area contributed by atoms with Gasteiger partial charge in [-0.25, -0.2) is 4.79 Å². The Morgan fingerprint density at radius 3 is 2.77 bits per heavy atom. The van der Waals surface area contributed by atoms with Crippen LogP contribution in [-0.4, -0.2) is 69.9 Å². The number of aromatic nitrogens is 2. The molecule has 1 aromatic rings. The lowest BCUT2D eigenvalue weighted by molar-refractivity contribution is -0.137. The zero-order valence-corrected chi connectivity index (χ0v) is 15.2. The second-order valence-corrected chi connectivity index (χ2v) is 7.26. The second kappa shape index (κ2) is 7.06. The Kier molecular flexibility index (Phi) is 4.99. The maximum absolute atomic E-state index is 12.8. The molecular weight excluding hydrogens is 338 g/mol. The van der Waals surface area contributed by atoms with Crippen LogP contribution in [0.3, 0.4) is 0 Å². The van der Waals surface area contributed by atoms with E-state index in [0.717, 1.165) is 13.0 Å². The molecule has 2 aliphatic heterocycles. The molecule has 0 saturated carbocycles. The number of carbonyl (C=O) groups excluding carboxylic acids is 2. The van der Waals surface area contributed by atoms with Crippen molar-refractivity contribution in [1.82, 2.24) is 24.7 Å². The quantitative estimate of drug-likeness (QED) is 0.676. The highest BCUT2D eigenvalue weighted by Gasteiger charge is 2.42. The van der Waals surface area contributed by atoms with Gasteiger partial charge < -0.3 is 10.2 Å². The van der Waals surface area contributed by atoms with Crippen molar-refractivity contribution in [2.24, 2.45) is 0 Å². The number of nitrogens with one attached hydrogen (secondary N) is 2. The first-order valence-corrected chi connectivity index (χ1v) is 8.87. The molecule has 1 spiro atoms. The van der Waals surface area contributed by atoms with E-state index in [-0.39, 0.29) is 23.9 Å². The first kappa shape index (κ1) is 18.4. The molecule has 9 heteroatoms. The maximum Gasteiger partial charge on any atom is 0.328 e. The van der Waals surface area contributed by atoms with Crippen LogP contribution in [0, 0.1) is 6.92 Å². The van der Waals surface area contributed by atoms with Gasteiger partial charge in [0.05, 0.1) is 0 Å². The van der Waals surface area contributed by atoms with E-state index in [2.05, 4.69) is 15.2 Å². The lowest BCUT2D eigenvalue weighted by Gasteiger charge is -2.49. The van der Waals surface area contributed by atoms with Gasteiger partial charge in [-0.3, -0.25) is 28.8 Å². The molecule has 26 heavy (non-hydrogen) atoms. The van der Waals surface area contributed by atoms with Gasteiger partial charge >= 0.3 is 5.69 Å². The molecule has 2 aliphatic rings. The fourth-order valence-corrected chi connectivity index (χ4v) is 3.79. The Labute approximate surface area is 151 Å². The van der Waals surface area contributed by atoms with Crippen molar-refractivity contribution < 1.29 is 9.59 Å². The largest absolute Gasteiger partial charge is 0.356 e. The summed E-state index contributed by atoms with van der Waals surface area (Å²) in [4.78, 5) is 54.1. The van der Waals surface area contributed by atoms with Gasteiger partial charge in [-0.1, -0.05) is 0 Å². The van der Waals surface area contributed by atoms with E-state index in [4.69, 9.17) is 0 Å². The first-order valence-electron chi connectivity index (χ1n) is 8.87. The van der Waals surface area contributed by atoms with Crippen LogP contribution in [0.4, 0.5) is 0 Å². The third-order valence-corrected chi connectivity index (χ3v) is 5.58. The van der Waals surface area contributed by atoms with Crippen LogP contribution in [0.1, 0.15) is 24.8 Å². The molecule has 0 aromatic carbocycles. The monoisotopic (exact) mass is 363 g/mol. The molecule has 9 nitrogen and oxygen atoms in total. The van der Waals surface area contributed by atoms with Gasteiger partial charge in [0.1, 0.15) is 6.54 Å². The van der Waals surface area contributed by atoms with Crippen LogP contribution < -0.4 is 16.6 Å². The average Bonchev–Trinajstić information content (AvgIpc) is 2.78. The highest BCUT2D eigenvalue weighted by atomic mass is 16.2. The Bertz CT molecular complexity index is 829. The van der Waals surface area contributed by atoms with Crippen molar-refractivity contribution in [2.45, 2.75) is 38.3 Å². The summed E-state index contributed by atoms with van der Waals surface area (Å²) in [7, 11) is 2.04. The molecule has 1 aromatic heterocycles. The smallest absolute Gasteiger partial charge is 0.328 e. The van der Waals surface area contributed by atoms with Crippen LogP contribution >= 0.6 is 0 Å². The highest BCUT2D eigenvalue weighted by molar-refractivity contribution is 5.77. The number of rotatable bonds is 2. The Morgan fingerprint density at radius 1 is 1.23 bits per heavy atom. The number of hydrogen-bond donors (Lipinski definition) is 2. The Balaban J connectivity index is 1.76. The van der Waals surface area contributed by atoms with Crippen LogP contribution in [0.25, 0.3) is 0 Å². The summed E-state index contributed by atoms with van der Waals surface area (Å²) in [5, 5.41) is 2.89. The zero-order chi connectivity index (χ0) is 18.9. The number of piperazine rings is 1. The summed E-state index contributed by atoms with van der Waals surface area (Å²) < 4.78 is 1.24. The molecule has 1 atom stereocenters. The number of aromatic amines is 1. The van der Waals surface area contributed by atoms with Gasteiger partial charge in [0.25, 0.3) is 5.56 Å². The van der Waals surface area contributed by atoms with Crippen molar-refractivity contribution in [3.8, 4) is 0 Å². The number of likely N-dealkylation sites (N-methyl/N-ethyl adjacent to an activating group) is 1. The molecule has 3 heterocycles. The van der Waals surface area contributed by atoms with E-state index in [0.29, 0.717) is 38.0 Å². The Hall–Kier alpha value is -2.42. The number of amides is 2. The number of hydrogen-bond acceptors (Lipinski definition) is 5. The van der Waals surface area contributed by atoms with E-state index >= 15 is 0 Å². The van der Waals surface area contributed by atoms with Crippen LogP contribution in [-0.2, 0) is 16.1 Å². The summed E-state index contributed by atoms with van der Waals surface area (Å²) in [6.07, 6.45) is 3.36. The molecule has 0 aliphatic carbocycles. The van der Waals surface area contributed by atoms with Gasteiger partial charge in [0.15, 0.2) is 0 Å². The molecule has 1 unspecified atom stereocenters. The van der Waals surface area contributed by atoms with Crippen LogP contribution in [0.5, 0.6) is 0 Å². The molecule has 2 fully saturated rings. The standard InChI is InChI=1S/C17H25N5O4/c1-12-9-22(16(26)19-15(12)25)10-14(24)21-8-7-20(2)17(11-21)4-3-13(23)18-6-5-17/h9H,3-8,10-11H2,1-2H3,(H,18,23)(H,19,25,26). The third kappa shape index (κ3) is 3.57. The van der Waals surface area contributed by atoms with Crippen molar-refractivity contribution in [1.29, 1.82) is 0 Å². The number of H-pyrrole nitrogens is 1. The maximum atomic E-state index is 12.8. The van der Waals surface area contributed by atoms with Crippen molar-refractivity contribution >= 4 is 11.8 Å². The predicted octanol–water partition coefficient (Wildman–Crippen LogP) is -1.34. The summed E-state index contributed by atoms with van der Waals surface area (Å²) in [6, 6.07) is 0. The minimum absolute atomic E-state index is 0.0500. The van der Waals surface area contributed by atoms with Gasteiger partial charge in [-0.2, -0.15) is 0 Å². The molecule has 2 amide bonds. The molecule has 0 radical (unpaired) electrons. The van der Waals surface area contributed by atoms with E-state index in [1.165, 1.54) is 10.8 Å². The van der Waals surface area contributed by atoms with Gasteiger partial charge in [0.2, 0.25) is 11.8 Å². The van der Waals surface area contributed by atoms with Gasteiger partial charge in [-0.15, -0.1) is 0 Å². The number of aryl methyl sites for hydroxylation is 1. The number of carbonyl (C=O) groups is 2. The highest BCUT2D eigenvalue weighted by Crippen LogP contribution is 2.30. The normalized spacial score (nSPS) is 24.4. The molecule has 0 bridgehead atoms. The van der Waals surface area contributed by atoms with Crippen molar-refractivity contribution in [2.75, 3.05) is 33.2 Å². The van der Waals surface area contributed by atoms with Crippen LogP contribution in [0.2, 0.25) is 0 Å². The van der Waals surface area contributed by atoms with E-state index in [1.54, 1.807) is 11.8 Å². The summed E-state index contributed by atoms with van der Waals surface area (Å²) in [6.45, 7) is 3.93. The zero-order valence-electron chi connectivity index (χ0n) is 15.2. The van der Waals surface area contributed by atoms with Gasteiger partial charge in [0, 0.05) is 49.9 Å². The van der Waals surface area contributed by atoms with E-state index < -0.39 is 11.2 Å². The average molecular weight is 363 g/mol. The minimum atomic E-state index is -0.581. The first-order chi connectivity index (χ1) is 12.3. The summed E-state index contributed by atoms with van der Waals surface area (Å²) in [5.74, 6) is -0.108. The summed E-state index contributed by atoms with van der Waals surface area (Å²) in [5.41, 5.74) is -0.852. The van der Waals surface area contributed by atoms with Crippen molar-refractivity contribution in [3.05, 3.63) is 32.6 Å². The fraction of sp³-hybridized carbons (Fsp3) is 0.647. The summed E-state index contributed by atoms with van der Waals surface area (Å²) >= 11 is 0. The molecule has 3 rings (SSSR count). The predicted molar refractivity (Wildman–Crippen MR) is 94.9 cm³/mol.